The third-order valence-corrected chi connectivity index (χ3v) is 4.59. The highest BCUT2D eigenvalue weighted by Crippen LogP contribution is 2.37. The minimum absolute atomic E-state index is 0.0427. The summed E-state index contributed by atoms with van der Waals surface area (Å²) in [6.45, 7) is 3.33. The van der Waals surface area contributed by atoms with E-state index in [9.17, 15) is 14.0 Å². The quantitative estimate of drug-likeness (QED) is 0.688. The molecule has 6 nitrogen and oxygen atoms in total. The van der Waals surface area contributed by atoms with Gasteiger partial charge in [0.15, 0.2) is 17.3 Å². The van der Waals surface area contributed by atoms with E-state index in [0.717, 1.165) is 11.2 Å². The Bertz CT molecular complexity index is 1090. The second-order valence-corrected chi connectivity index (χ2v) is 6.45. The fraction of sp³-hybridized carbons (Fsp3) is 0.200. The van der Waals surface area contributed by atoms with Crippen LogP contribution in [0.5, 0.6) is 11.5 Å². The molecular formula is C20H17FN2O4. The summed E-state index contributed by atoms with van der Waals surface area (Å²) >= 11 is 0. The lowest BCUT2D eigenvalue weighted by Crippen LogP contribution is -2.16. The number of Topliss-reactive ketones (excluding diaryl/α,β-unsaturated/α-hetero) is 1. The Hall–Kier alpha value is -3.35. The standard InChI is InChI=1S/C20H17FN2O4/c1-10-13(15-5-12(21)3-4-16(15)22-10)7-20(25)23-17-8-19-18(26-9-27-19)6-14(17)11(2)24/h3-6,8,22H,7,9H2,1-2H3,(H,23,25). The smallest absolute Gasteiger partial charge is 0.231 e. The van der Waals surface area contributed by atoms with Crippen molar-refractivity contribution in [2.45, 2.75) is 20.3 Å². The molecule has 1 amide bonds. The van der Waals surface area contributed by atoms with E-state index < -0.39 is 0 Å². The zero-order valence-electron chi connectivity index (χ0n) is 14.8. The number of aromatic amines is 1. The molecule has 2 aromatic carbocycles. The highest BCUT2D eigenvalue weighted by molar-refractivity contribution is 6.05. The van der Waals surface area contributed by atoms with Gasteiger partial charge in [0.1, 0.15) is 5.82 Å². The normalized spacial score (nSPS) is 12.4. The molecule has 0 aliphatic carbocycles. The number of benzene rings is 2. The lowest BCUT2D eigenvalue weighted by Gasteiger charge is -2.11. The highest BCUT2D eigenvalue weighted by Gasteiger charge is 2.21. The van der Waals surface area contributed by atoms with Gasteiger partial charge in [-0.2, -0.15) is 0 Å². The molecule has 1 aliphatic rings. The monoisotopic (exact) mass is 368 g/mol. The van der Waals surface area contributed by atoms with E-state index in [4.69, 9.17) is 9.47 Å². The van der Waals surface area contributed by atoms with Gasteiger partial charge in [0.05, 0.1) is 12.1 Å². The van der Waals surface area contributed by atoms with Crippen LogP contribution in [-0.2, 0) is 11.2 Å². The van der Waals surface area contributed by atoms with E-state index in [2.05, 4.69) is 10.3 Å². The van der Waals surface area contributed by atoms with Crippen molar-refractivity contribution in [1.29, 1.82) is 0 Å². The minimum Gasteiger partial charge on any atom is -0.454 e. The van der Waals surface area contributed by atoms with Gasteiger partial charge in [-0.3, -0.25) is 9.59 Å². The Labute approximate surface area is 154 Å². The number of ether oxygens (including phenoxy) is 2. The molecule has 0 spiro atoms. The average molecular weight is 368 g/mol. The minimum atomic E-state index is -0.363. The first-order chi connectivity index (χ1) is 12.9. The SMILES string of the molecule is CC(=O)c1cc2c(cc1NC(=O)Cc1c(C)[nH]c3ccc(F)cc13)OCO2. The van der Waals surface area contributed by atoms with Gasteiger partial charge >= 0.3 is 0 Å². The molecule has 1 aromatic heterocycles. The number of halogens is 1. The molecule has 2 N–H and O–H groups in total. The van der Waals surface area contributed by atoms with Crippen LogP contribution in [0.4, 0.5) is 10.1 Å². The number of carbonyl (C=O) groups is 2. The maximum Gasteiger partial charge on any atom is 0.231 e. The average Bonchev–Trinajstić information content (AvgIpc) is 3.18. The van der Waals surface area contributed by atoms with Gasteiger partial charge in [0.2, 0.25) is 12.7 Å². The summed E-state index contributed by atoms with van der Waals surface area (Å²) < 4.78 is 24.2. The van der Waals surface area contributed by atoms with Crippen LogP contribution in [-0.4, -0.2) is 23.5 Å². The van der Waals surface area contributed by atoms with Crippen molar-refractivity contribution in [3.8, 4) is 11.5 Å². The molecule has 0 radical (unpaired) electrons. The molecule has 0 saturated carbocycles. The third kappa shape index (κ3) is 3.12. The maximum atomic E-state index is 13.6. The van der Waals surface area contributed by atoms with E-state index in [1.807, 2.05) is 6.92 Å². The van der Waals surface area contributed by atoms with Crippen LogP contribution in [0.25, 0.3) is 10.9 Å². The van der Waals surface area contributed by atoms with Gasteiger partial charge in [-0.25, -0.2) is 4.39 Å². The topological polar surface area (TPSA) is 80.4 Å². The van der Waals surface area contributed by atoms with Crippen LogP contribution in [0.2, 0.25) is 0 Å². The number of rotatable bonds is 4. The number of hydrogen-bond acceptors (Lipinski definition) is 4. The summed E-state index contributed by atoms with van der Waals surface area (Å²) in [7, 11) is 0. The first-order valence-corrected chi connectivity index (χ1v) is 8.43. The zero-order valence-corrected chi connectivity index (χ0v) is 14.8. The molecule has 0 saturated heterocycles. The molecule has 7 heteroatoms. The van der Waals surface area contributed by atoms with E-state index in [0.29, 0.717) is 33.7 Å². The third-order valence-electron chi connectivity index (χ3n) is 4.59. The number of hydrogen-bond donors (Lipinski definition) is 2. The first-order valence-electron chi connectivity index (χ1n) is 8.43. The number of nitrogens with one attached hydrogen (secondary N) is 2. The van der Waals surface area contributed by atoms with Gasteiger partial charge in [-0.1, -0.05) is 0 Å². The lowest BCUT2D eigenvalue weighted by molar-refractivity contribution is -0.115. The molecule has 3 aromatic rings. The van der Waals surface area contributed by atoms with Crippen LogP contribution in [0, 0.1) is 12.7 Å². The number of anilines is 1. The largest absolute Gasteiger partial charge is 0.454 e. The maximum absolute atomic E-state index is 13.6. The van der Waals surface area contributed by atoms with Crippen LogP contribution >= 0.6 is 0 Å². The summed E-state index contributed by atoms with van der Waals surface area (Å²) in [5.41, 5.74) is 2.98. The second kappa shape index (κ2) is 6.42. The molecule has 0 bridgehead atoms. The first kappa shape index (κ1) is 17.1. The lowest BCUT2D eigenvalue weighted by atomic mass is 10.1. The Balaban J connectivity index is 1.63. The Morgan fingerprint density at radius 1 is 1.19 bits per heavy atom. The number of fused-ring (bicyclic) bond motifs is 2. The molecule has 0 unspecified atom stereocenters. The molecular weight excluding hydrogens is 351 g/mol. The number of amides is 1. The summed E-state index contributed by atoms with van der Waals surface area (Å²) in [5, 5.41) is 3.43. The fourth-order valence-corrected chi connectivity index (χ4v) is 3.27. The van der Waals surface area contributed by atoms with E-state index in [1.54, 1.807) is 18.2 Å². The van der Waals surface area contributed by atoms with Gasteiger partial charge in [-0.05, 0) is 43.7 Å². The van der Waals surface area contributed by atoms with Crippen LogP contribution in [0.15, 0.2) is 30.3 Å². The molecule has 1 aliphatic heterocycles. The zero-order chi connectivity index (χ0) is 19.1. The number of aromatic nitrogens is 1. The number of carbonyl (C=O) groups excluding carboxylic acids is 2. The van der Waals surface area contributed by atoms with Crippen LogP contribution in [0.1, 0.15) is 28.5 Å². The summed E-state index contributed by atoms with van der Waals surface area (Å²) in [5.74, 6) is 0.0677. The van der Waals surface area contributed by atoms with E-state index in [-0.39, 0.29) is 30.7 Å². The van der Waals surface area contributed by atoms with Gasteiger partial charge < -0.3 is 19.8 Å². The van der Waals surface area contributed by atoms with Crippen LogP contribution in [0.3, 0.4) is 0 Å². The van der Waals surface area contributed by atoms with Crippen molar-refractivity contribution in [2.24, 2.45) is 0 Å². The predicted molar refractivity (Wildman–Crippen MR) is 97.9 cm³/mol. The van der Waals surface area contributed by atoms with Crippen molar-refractivity contribution in [3.63, 3.8) is 0 Å². The Morgan fingerprint density at radius 3 is 2.67 bits per heavy atom. The van der Waals surface area contributed by atoms with E-state index >= 15 is 0 Å². The molecule has 2 heterocycles. The summed E-state index contributed by atoms with van der Waals surface area (Å²) in [4.78, 5) is 27.7. The van der Waals surface area contributed by atoms with Gasteiger partial charge in [0.25, 0.3) is 0 Å². The Kier molecular flexibility index (Phi) is 4.07. The fourth-order valence-electron chi connectivity index (χ4n) is 3.27. The summed E-state index contributed by atoms with van der Waals surface area (Å²) in [6.07, 6.45) is 0.0427. The van der Waals surface area contributed by atoms with Crippen LogP contribution < -0.4 is 14.8 Å². The molecule has 27 heavy (non-hydrogen) atoms. The highest BCUT2D eigenvalue weighted by atomic mass is 19.1. The number of aryl methyl sites for hydroxylation is 1. The van der Waals surface area contributed by atoms with Crippen molar-refractivity contribution >= 4 is 28.3 Å². The van der Waals surface area contributed by atoms with Gasteiger partial charge in [0, 0.05) is 28.2 Å². The van der Waals surface area contributed by atoms with E-state index in [1.165, 1.54) is 19.1 Å². The molecule has 0 fully saturated rings. The van der Waals surface area contributed by atoms with Crippen molar-refractivity contribution < 1.29 is 23.5 Å². The second-order valence-electron chi connectivity index (χ2n) is 6.45. The van der Waals surface area contributed by atoms with Crippen molar-refractivity contribution in [2.75, 3.05) is 12.1 Å². The predicted octanol–water partition coefficient (Wildman–Crippen LogP) is 3.73. The Morgan fingerprint density at radius 2 is 1.93 bits per heavy atom. The molecule has 4 rings (SSSR count). The van der Waals surface area contributed by atoms with Crippen molar-refractivity contribution in [1.82, 2.24) is 4.98 Å². The summed E-state index contributed by atoms with van der Waals surface area (Å²) in [6, 6.07) is 7.56. The number of ketones is 1. The molecule has 0 atom stereocenters. The molecule has 138 valence electrons. The van der Waals surface area contributed by atoms with Crippen molar-refractivity contribution in [3.05, 3.63) is 53.0 Å². The van der Waals surface area contributed by atoms with Gasteiger partial charge in [-0.15, -0.1) is 0 Å². The number of H-pyrrole nitrogens is 1.